The number of nitrogens with one attached hydrogen (secondary N) is 1. The van der Waals surface area contributed by atoms with Crippen LogP contribution in [0.15, 0.2) is 30.3 Å². The highest BCUT2D eigenvalue weighted by Gasteiger charge is 2.16. The molecule has 1 aromatic rings. The summed E-state index contributed by atoms with van der Waals surface area (Å²) in [4.78, 5) is 21.6. The maximum atomic E-state index is 11.4. The minimum Gasteiger partial charge on any atom is -0.481 e. The number of amides is 1. The van der Waals surface area contributed by atoms with E-state index >= 15 is 0 Å². The van der Waals surface area contributed by atoms with Crippen LogP contribution in [-0.4, -0.2) is 28.6 Å². The van der Waals surface area contributed by atoms with Gasteiger partial charge in [-0.3, -0.25) is 9.59 Å². The lowest BCUT2D eigenvalue weighted by atomic mass is 10.1. The van der Waals surface area contributed by atoms with E-state index < -0.39 is 18.0 Å². The minimum atomic E-state index is -1.25. The number of hydrogen-bond acceptors (Lipinski definition) is 3. The summed E-state index contributed by atoms with van der Waals surface area (Å²) in [6.45, 7) is 0.0120. The number of carbonyl (C=O) groups is 2. The van der Waals surface area contributed by atoms with Crippen molar-refractivity contribution in [2.45, 2.75) is 12.5 Å². The number of hydrogen-bond donors (Lipinski definition) is 3. The van der Waals surface area contributed by atoms with Gasteiger partial charge >= 0.3 is 5.97 Å². The van der Waals surface area contributed by atoms with Crippen LogP contribution in [-0.2, 0) is 9.59 Å². The molecule has 0 bridgehead atoms. The van der Waals surface area contributed by atoms with E-state index in [9.17, 15) is 14.7 Å². The second-order valence-electron chi connectivity index (χ2n) is 3.25. The van der Waals surface area contributed by atoms with Gasteiger partial charge in [0.1, 0.15) is 0 Å². The van der Waals surface area contributed by atoms with E-state index in [0.717, 1.165) is 0 Å². The first-order valence-electron chi connectivity index (χ1n) is 4.84. The molecule has 16 heavy (non-hydrogen) atoms. The molecule has 1 rings (SSSR count). The molecule has 1 amide bonds. The third kappa shape index (κ3) is 3.70. The Labute approximate surface area is 92.7 Å². The van der Waals surface area contributed by atoms with Crippen LogP contribution in [0.1, 0.15) is 18.1 Å². The molecule has 1 atom stereocenters. The van der Waals surface area contributed by atoms with Crippen molar-refractivity contribution in [3.05, 3.63) is 35.9 Å². The van der Waals surface area contributed by atoms with Crippen LogP contribution in [0.25, 0.3) is 0 Å². The molecule has 0 heterocycles. The number of carboxylic acids is 1. The largest absolute Gasteiger partial charge is 0.481 e. The van der Waals surface area contributed by atoms with Crippen molar-refractivity contribution in [3.8, 4) is 0 Å². The molecule has 5 heteroatoms. The Morgan fingerprint density at radius 3 is 2.44 bits per heavy atom. The van der Waals surface area contributed by atoms with Crippen LogP contribution in [0, 0.1) is 0 Å². The normalized spacial score (nSPS) is 11.8. The van der Waals surface area contributed by atoms with Crippen LogP contribution < -0.4 is 5.32 Å². The Balaban J connectivity index is 2.45. The SMILES string of the molecule is O=C(O)CCNC(=O)[C@@H](O)c1ccccc1. The van der Waals surface area contributed by atoms with Crippen LogP contribution in [0.5, 0.6) is 0 Å². The monoisotopic (exact) mass is 223 g/mol. The van der Waals surface area contributed by atoms with E-state index in [1.165, 1.54) is 0 Å². The Kier molecular flexibility index (Phi) is 4.47. The lowest BCUT2D eigenvalue weighted by Crippen LogP contribution is -2.31. The highest BCUT2D eigenvalue weighted by molar-refractivity contribution is 5.82. The van der Waals surface area contributed by atoms with E-state index in [0.29, 0.717) is 5.56 Å². The average Bonchev–Trinajstić information content (AvgIpc) is 2.28. The highest BCUT2D eigenvalue weighted by atomic mass is 16.4. The van der Waals surface area contributed by atoms with Gasteiger partial charge in [0.15, 0.2) is 6.10 Å². The zero-order chi connectivity index (χ0) is 12.0. The van der Waals surface area contributed by atoms with E-state index in [-0.39, 0.29) is 13.0 Å². The molecule has 0 aromatic heterocycles. The number of benzene rings is 1. The molecule has 86 valence electrons. The number of aliphatic hydroxyl groups excluding tert-OH is 1. The molecule has 0 aliphatic heterocycles. The zero-order valence-corrected chi connectivity index (χ0v) is 8.59. The molecular formula is C11H13NO4. The van der Waals surface area contributed by atoms with Gasteiger partial charge in [0.05, 0.1) is 6.42 Å². The van der Waals surface area contributed by atoms with Gasteiger partial charge in [-0.05, 0) is 5.56 Å². The Morgan fingerprint density at radius 2 is 1.88 bits per heavy atom. The number of rotatable bonds is 5. The molecule has 0 saturated carbocycles. The number of carbonyl (C=O) groups excluding carboxylic acids is 1. The zero-order valence-electron chi connectivity index (χ0n) is 8.59. The molecule has 0 fully saturated rings. The third-order valence-corrected chi connectivity index (χ3v) is 2.00. The van der Waals surface area contributed by atoms with Crippen molar-refractivity contribution >= 4 is 11.9 Å². The van der Waals surface area contributed by atoms with Gasteiger partial charge in [0.2, 0.25) is 0 Å². The van der Waals surface area contributed by atoms with Gasteiger partial charge in [0.25, 0.3) is 5.91 Å². The summed E-state index contributed by atoms with van der Waals surface area (Å²) >= 11 is 0. The molecular weight excluding hydrogens is 210 g/mol. The maximum Gasteiger partial charge on any atom is 0.305 e. The standard InChI is InChI=1S/C11H13NO4/c13-9(14)6-7-12-11(16)10(15)8-4-2-1-3-5-8/h1-5,10,15H,6-7H2,(H,12,16)(H,13,14)/t10-/m0/s1. The van der Waals surface area contributed by atoms with Crippen LogP contribution in [0.3, 0.4) is 0 Å². The van der Waals surface area contributed by atoms with Gasteiger partial charge in [-0.1, -0.05) is 30.3 Å². The number of aliphatic hydroxyl groups is 1. The van der Waals surface area contributed by atoms with Gasteiger partial charge in [0, 0.05) is 6.54 Å². The predicted molar refractivity (Wildman–Crippen MR) is 56.7 cm³/mol. The Hall–Kier alpha value is -1.88. The Bertz CT molecular complexity index is 364. The summed E-state index contributed by atoms with van der Waals surface area (Å²) in [6, 6.07) is 8.45. The van der Waals surface area contributed by atoms with E-state index in [1.807, 2.05) is 0 Å². The van der Waals surface area contributed by atoms with Crippen molar-refractivity contribution in [3.63, 3.8) is 0 Å². The summed E-state index contributed by atoms with van der Waals surface area (Å²) in [5.74, 6) is -1.58. The molecule has 0 saturated heterocycles. The molecule has 3 N–H and O–H groups in total. The van der Waals surface area contributed by atoms with Crippen molar-refractivity contribution in [2.24, 2.45) is 0 Å². The molecule has 0 aliphatic rings. The predicted octanol–water partition coefficient (Wildman–Crippen LogP) is 0.311. The van der Waals surface area contributed by atoms with Crippen molar-refractivity contribution in [2.75, 3.05) is 6.54 Å². The van der Waals surface area contributed by atoms with E-state index in [1.54, 1.807) is 30.3 Å². The molecule has 0 unspecified atom stereocenters. The van der Waals surface area contributed by atoms with Gasteiger partial charge in [-0.15, -0.1) is 0 Å². The van der Waals surface area contributed by atoms with Crippen molar-refractivity contribution in [1.82, 2.24) is 5.32 Å². The topological polar surface area (TPSA) is 86.6 Å². The highest BCUT2D eigenvalue weighted by Crippen LogP contribution is 2.11. The lowest BCUT2D eigenvalue weighted by Gasteiger charge is -2.10. The molecule has 0 radical (unpaired) electrons. The smallest absolute Gasteiger partial charge is 0.305 e. The fourth-order valence-electron chi connectivity index (χ4n) is 1.18. The minimum absolute atomic E-state index is 0.0120. The third-order valence-electron chi connectivity index (χ3n) is 2.00. The summed E-state index contributed by atoms with van der Waals surface area (Å²) in [6.07, 6.45) is -1.41. The summed E-state index contributed by atoms with van der Waals surface area (Å²) in [5, 5.41) is 20.3. The molecule has 0 aliphatic carbocycles. The average molecular weight is 223 g/mol. The Morgan fingerprint density at radius 1 is 1.25 bits per heavy atom. The number of aliphatic carboxylic acids is 1. The second-order valence-corrected chi connectivity index (χ2v) is 3.25. The van der Waals surface area contributed by atoms with Crippen LogP contribution in [0.2, 0.25) is 0 Å². The van der Waals surface area contributed by atoms with Crippen molar-refractivity contribution < 1.29 is 19.8 Å². The molecule has 1 aromatic carbocycles. The fourth-order valence-corrected chi connectivity index (χ4v) is 1.18. The van der Waals surface area contributed by atoms with Crippen molar-refractivity contribution in [1.29, 1.82) is 0 Å². The second kappa shape index (κ2) is 5.87. The van der Waals surface area contributed by atoms with Crippen LogP contribution >= 0.6 is 0 Å². The van der Waals surface area contributed by atoms with E-state index in [4.69, 9.17) is 5.11 Å². The first-order valence-corrected chi connectivity index (χ1v) is 4.84. The summed E-state index contributed by atoms with van der Waals surface area (Å²) < 4.78 is 0. The van der Waals surface area contributed by atoms with Gasteiger partial charge < -0.3 is 15.5 Å². The number of carboxylic acid groups (broad SMARTS) is 1. The summed E-state index contributed by atoms with van der Waals surface area (Å²) in [5.41, 5.74) is 0.482. The van der Waals surface area contributed by atoms with Gasteiger partial charge in [-0.2, -0.15) is 0 Å². The molecule has 0 spiro atoms. The summed E-state index contributed by atoms with van der Waals surface area (Å²) in [7, 11) is 0. The first kappa shape index (κ1) is 12.2. The lowest BCUT2D eigenvalue weighted by molar-refractivity contribution is -0.137. The maximum absolute atomic E-state index is 11.4. The molecule has 5 nitrogen and oxygen atoms in total. The fraction of sp³-hybridized carbons (Fsp3) is 0.273. The van der Waals surface area contributed by atoms with E-state index in [2.05, 4.69) is 5.32 Å². The van der Waals surface area contributed by atoms with Crippen LogP contribution in [0.4, 0.5) is 0 Å². The quantitative estimate of drug-likeness (QED) is 0.670. The first-order chi connectivity index (χ1) is 7.61. The van der Waals surface area contributed by atoms with Gasteiger partial charge in [-0.25, -0.2) is 0 Å².